The molecule has 1 N–H and O–H groups in total. The molecule has 0 spiro atoms. The van der Waals surface area contributed by atoms with E-state index in [-0.39, 0.29) is 5.91 Å². The largest absolute Gasteiger partial charge is 0.497 e. The van der Waals surface area contributed by atoms with Crippen molar-refractivity contribution in [3.63, 3.8) is 0 Å². The van der Waals surface area contributed by atoms with Gasteiger partial charge in [-0.3, -0.25) is 4.79 Å². The minimum absolute atomic E-state index is 0.287. The van der Waals surface area contributed by atoms with Gasteiger partial charge in [0.25, 0.3) is 0 Å². The number of carbonyl (C=O) groups excluding carboxylic acids is 1. The van der Waals surface area contributed by atoms with Crippen LogP contribution in [0.5, 0.6) is 5.75 Å². The summed E-state index contributed by atoms with van der Waals surface area (Å²) >= 11 is 0. The molecule has 1 aromatic carbocycles. The molecular weight excluding hydrogens is 316 g/mol. The number of rotatable bonds is 3. The van der Waals surface area contributed by atoms with E-state index in [1.54, 1.807) is 18.1 Å². The predicted octanol–water partition coefficient (Wildman–Crippen LogP) is 0.751. The quantitative estimate of drug-likeness (QED) is 0.880. The van der Waals surface area contributed by atoms with E-state index < -0.39 is 14.6 Å². The molecule has 1 aromatic rings. The maximum atomic E-state index is 13.2. The van der Waals surface area contributed by atoms with Crippen molar-refractivity contribution in [2.45, 2.75) is 24.0 Å². The van der Waals surface area contributed by atoms with Crippen LogP contribution in [-0.4, -0.2) is 52.1 Å². The van der Waals surface area contributed by atoms with Crippen molar-refractivity contribution in [2.75, 3.05) is 37.9 Å². The fourth-order valence-corrected chi connectivity index (χ4v) is 4.91. The van der Waals surface area contributed by atoms with Crippen LogP contribution in [0.4, 0.5) is 5.69 Å². The van der Waals surface area contributed by atoms with Crippen molar-refractivity contribution >= 4 is 21.4 Å². The van der Waals surface area contributed by atoms with Crippen LogP contribution in [0.1, 0.15) is 18.4 Å². The number of sulfone groups is 1. The minimum Gasteiger partial charge on any atom is -0.497 e. The van der Waals surface area contributed by atoms with E-state index in [9.17, 15) is 13.2 Å². The molecule has 0 unspecified atom stereocenters. The summed E-state index contributed by atoms with van der Waals surface area (Å²) in [6, 6.07) is 5.56. The van der Waals surface area contributed by atoms with E-state index in [4.69, 9.17) is 4.74 Å². The van der Waals surface area contributed by atoms with Crippen molar-refractivity contribution < 1.29 is 17.9 Å². The monoisotopic (exact) mass is 338 g/mol. The number of piperidine rings is 1. The summed E-state index contributed by atoms with van der Waals surface area (Å²) in [6.45, 7) is 1.61. The Bertz CT molecular complexity index is 724. The zero-order chi connectivity index (χ0) is 16.7. The lowest BCUT2D eigenvalue weighted by molar-refractivity contribution is -0.121. The molecule has 23 heavy (non-hydrogen) atoms. The number of carbonyl (C=O) groups is 1. The molecule has 0 saturated carbocycles. The average molecular weight is 338 g/mol. The molecule has 6 nitrogen and oxygen atoms in total. The zero-order valence-corrected chi connectivity index (χ0v) is 14.3. The van der Waals surface area contributed by atoms with Gasteiger partial charge in [0.05, 0.1) is 7.11 Å². The second kappa shape index (κ2) is 5.79. The van der Waals surface area contributed by atoms with Crippen LogP contribution in [0.15, 0.2) is 18.2 Å². The van der Waals surface area contributed by atoms with E-state index in [1.807, 2.05) is 12.1 Å². The first-order valence-corrected chi connectivity index (χ1v) is 9.67. The third-order valence-electron chi connectivity index (χ3n) is 4.94. The van der Waals surface area contributed by atoms with Gasteiger partial charge >= 0.3 is 0 Å². The molecule has 0 bridgehead atoms. The molecule has 2 heterocycles. The SMILES string of the molecule is COc1ccc2c(c1)CCN2C(=O)C1(S(C)(=O)=O)CCNCC1. The van der Waals surface area contributed by atoms with Crippen LogP contribution in [0.25, 0.3) is 0 Å². The Kier molecular flexibility index (Phi) is 4.10. The Morgan fingerprint density at radius 3 is 2.61 bits per heavy atom. The van der Waals surface area contributed by atoms with Crippen molar-refractivity contribution in [3.8, 4) is 5.75 Å². The third kappa shape index (κ3) is 2.61. The molecule has 1 saturated heterocycles. The standard InChI is InChI=1S/C16H22N2O4S/c1-22-13-3-4-14-12(11-13)5-10-18(14)15(19)16(23(2,20)21)6-8-17-9-7-16/h3-4,11,17H,5-10H2,1-2H3. The molecule has 2 aliphatic rings. The van der Waals surface area contributed by atoms with Crippen molar-refractivity contribution in [2.24, 2.45) is 0 Å². The van der Waals surface area contributed by atoms with Gasteiger partial charge in [0.1, 0.15) is 5.75 Å². The Balaban J connectivity index is 1.98. The number of methoxy groups -OCH3 is 1. The molecule has 1 fully saturated rings. The number of anilines is 1. The van der Waals surface area contributed by atoms with Gasteiger partial charge in [-0.2, -0.15) is 0 Å². The van der Waals surface area contributed by atoms with Crippen LogP contribution >= 0.6 is 0 Å². The fraction of sp³-hybridized carbons (Fsp3) is 0.562. The van der Waals surface area contributed by atoms with Crippen molar-refractivity contribution in [1.29, 1.82) is 0 Å². The van der Waals surface area contributed by atoms with Crippen molar-refractivity contribution in [3.05, 3.63) is 23.8 Å². The number of hydrogen-bond acceptors (Lipinski definition) is 5. The van der Waals surface area contributed by atoms with E-state index in [0.29, 0.717) is 32.5 Å². The molecule has 0 aromatic heterocycles. The first-order chi connectivity index (χ1) is 10.9. The van der Waals surface area contributed by atoms with E-state index in [0.717, 1.165) is 23.4 Å². The fourth-order valence-electron chi connectivity index (χ4n) is 3.54. The number of nitrogens with one attached hydrogen (secondary N) is 1. The number of amides is 1. The molecule has 0 atom stereocenters. The van der Waals surface area contributed by atoms with Crippen LogP contribution in [0, 0.1) is 0 Å². The average Bonchev–Trinajstić information content (AvgIpc) is 2.96. The topological polar surface area (TPSA) is 75.7 Å². The zero-order valence-electron chi connectivity index (χ0n) is 13.5. The Morgan fingerprint density at radius 2 is 2.00 bits per heavy atom. The highest BCUT2D eigenvalue weighted by atomic mass is 32.2. The summed E-state index contributed by atoms with van der Waals surface area (Å²) in [5, 5.41) is 3.14. The first-order valence-electron chi connectivity index (χ1n) is 7.78. The van der Waals surface area contributed by atoms with Crippen LogP contribution in [-0.2, 0) is 21.1 Å². The molecule has 1 amide bonds. The number of ether oxygens (including phenoxy) is 1. The highest BCUT2D eigenvalue weighted by Gasteiger charge is 2.51. The molecule has 0 radical (unpaired) electrons. The maximum Gasteiger partial charge on any atom is 0.248 e. The summed E-state index contributed by atoms with van der Waals surface area (Å²) in [7, 11) is -1.89. The Labute approximate surface area is 136 Å². The summed E-state index contributed by atoms with van der Waals surface area (Å²) in [5.74, 6) is 0.461. The lowest BCUT2D eigenvalue weighted by atomic mass is 9.95. The van der Waals surface area contributed by atoms with Gasteiger partial charge in [0.2, 0.25) is 5.91 Å². The van der Waals surface area contributed by atoms with Gasteiger partial charge in [-0.25, -0.2) is 8.42 Å². The van der Waals surface area contributed by atoms with E-state index in [1.165, 1.54) is 6.26 Å². The lowest BCUT2D eigenvalue weighted by Gasteiger charge is -2.37. The summed E-state index contributed by atoms with van der Waals surface area (Å²) in [5.41, 5.74) is 1.83. The number of nitrogens with zero attached hydrogens (tertiary/aromatic N) is 1. The molecule has 7 heteroatoms. The smallest absolute Gasteiger partial charge is 0.248 e. The third-order valence-corrected chi connectivity index (χ3v) is 6.94. The second-order valence-electron chi connectivity index (χ2n) is 6.22. The highest BCUT2D eigenvalue weighted by Crippen LogP contribution is 2.37. The Morgan fingerprint density at radius 1 is 1.30 bits per heavy atom. The normalized spacial score (nSPS) is 20.2. The summed E-state index contributed by atoms with van der Waals surface area (Å²) in [6.07, 6.45) is 2.55. The molecule has 126 valence electrons. The number of hydrogen-bond donors (Lipinski definition) is 1. The second-order valence-corrected chi connectivity index (χ2v) is 8.54. The first kappa shape index (κ1) is 16.3. The minimum atomic E-state index is -3.50. The van der Waals surface area contributed by atoms with Crippen molar-refractivity contribution in [1.82, 2.24) is 5.32 Å². The number of benzene rings is 1. The van der Waals surface area contributed by atoms with Crippen LogP contribution < -0.4 is 15.0 Å². The Hall–Kier alpha value is -1.60. The lowest BCUT2D eigenvalue weighted by Crippen LogP contribution is -2.58. The molecule has 3 rings (SSSR count). The molecule has 0 aliphatic carbocycles. The molecular formula is C16H22N2O4S. The molecule has 2 aliphatic heterocycles. The van der Waals surface area contributed by atoms with Crippen LogP contribution in [0.2, 0.25) is 0 Å². The van der Waals surface area contributed by atoms with E-state index in [2.05, 4.69) is 5.32 Å². The maximum absolute atomic E-state index is 13.2. The number of fused-ring (bicyclic) bond motifs is 1. The van der Waals surface area contributed by atoms with Gasteiger partial charge < -0.3 is 15.0 Å². The van der Waals surface area contributed by atoms with Gasteiger partial charge in [0, 0.05) is 18.5 Å². The van der Waals surface area contributed by atoms with Crippen LogP contribution in [0.3, 0.4) is 0 Å². The summed E-state index contributed by atoms with van der Waals surface area (Å²) < 4.78 is 28.8. The highest BCUT2D eigenvalue weighted by molar-refractivity contribution is 7.92. The van der Waals surface area contributed by atoms with Gasteiger partial charge in [-0.05, 0) is 56.1 Å². The van der Waals surface area contributed by atoms with Gasteiger partial charge in [-0.15, -0.1) is 0 Å². The summed E-state index contributed by atoms with van der Waals surface area (Å²) in [4.78, 5) is 14.8. The van der Waals surface area contributed by atoms with Gasteiger partial charge in [-0.1, -0.05) is 0 Å². The van der Waals surface area contributed by atoms with E-state index >= 15 is 0 Å². The van der Waals surface area contributed by atoms with Gasteiger partial charge in [0.15, 0.2) is 14.6 Å². The predicted molar refractivity (Wildman–Crippen MR) is 88.7 cm³/mol.